The summed E-state index contributed by atoms with van der Waals surface area (Å²) in [7, 11) is 0. The summed E-state index contributed by atoms with van der Waals surface area (Å²) < 4.78 is 12.9. The SMILES string of the molecule is CCC=C(C)C(=O)NC(CC(=O)O)c1ccc(F)cc1. The first-order chi connectivity index (χ1) is 9.43. The molecule has 1 aromatic rings. The van der Waals surface area contributed by atoms with Gasteiger partial charge >= 0.3 is 5.97 Å². The third kappa shape index (κ3) is 4.84. The molecule has 0 aromatic heterocycles. The van der Waals surface area contributed by atoms with Crippen molar-refractivity contribution in [2.75, 3.05) is 0 Å². The molecule has 1 rings (SSSR count). The van der Waals surface area contributed by atoms with Crippen molar-refractivity contribution in [3.05, 3.63) is 47.3 Å². The number of nitrogens with one attached hydrogen (secondary N) is 1. The Kier molecular flexibility index (Phi) is 5.90. The largest absolute Gasteiger partial charge is 0.481 e. The van der Waals surface area contributed by atoms with E-state index in [0.717, 1.165) is 6.42 Å². The Morgan fingerprint density at radius 2 is 1.95 bits per heavy atom. The molecule has 1 amide bonds. The summed E-state index contributed by atoms with van der Waals surface area (Å²) in [4.78, 5) is 22.8. The molecule has 1 atom stereocenters. The lowest BCUT2D eigenvalue weighted by Crippen LogP contribution is -2.30. The molecule has 0 saturated carbocycles. The van der Waals surface area contributed by atoms with Crippen LogP contribution >= 0.6 is 0 Å². The number of carbonyl (C=O) groups is 2. The molecule has 0 spiro atoms. The highest BCUT2D eigenvalue weighted by Crippen LogP contribution is 2.18. The van der Waals surface area contributed by atoms with Crippen LogP contribution in [-0.4, -0.2) is 17.0 Å². The minimum Gasteiger partial charge on any atom is -0.481 e. The van der Waals surface area contributed by atoms with E-state index in [1.54, 1.807) is 13.0 Å². The van der Waals surface area contributed by atoms with E-state index in [-0.39, 0.29) is 12.3 Å². The second-order valence-corrected chi connectivity index (χ2v) is 4.47. The van der Waals surface area contributed by atoms with Crippen molar-refractivity contribution >= 4 is 11.9 Å². The second kappa shape index (κ2) is 7.43. The van der Waals surface area contributed by atoms with Crippen molar-refractivity contribution < 1.29 is 19.1 Å². The highest BCUT2D eigenvalue weighted by Gasteiger charge is 2.18. The summed E-state index contributed by atoms with van der Waals surface area (Å²) in [6.45, 7) is 3.58. The van der Waals surface area contributed by atoms with Crippen LogP contribution in [0.2, 0.25) is 0 Å². The maximum atomic E-state index is 12.9. The van der Waals surface area contributed by atoms with Gasteiger partial charge in [-0.2, -0.15) is 0 Å². The van der Waals surface area contributed by atoms with Crippen LogP contribution in [-0.2, 0) is 9.59 Å². The number of carboxylic acids is 1. The van der Waals surface area contributed by atoms with Crippen LogP contribution in [0.1, 0.15) is 38.3 Å². The number of rotatable bonds is 6. The van der Waals surface area contributed by atoms with Crippen molar-refractivity contribution in [1.29, 1.82) is 0 Å². The van der Waals surface area contributed by atoms with Crippen molar-refractivity contribution in [1.82, 2.24) is 5.32 Å². The molecule has 0 radical (unpaired) electrons. The monoisotopic (exact) mass is 279 g/mol. The fraction of sp³-hybridized carbons (Fsp3) is 0.333. The quantitative estimate of drug-likeness (QED) is 0.787. The topological polar surface area (TPSA) is 66.4 Å². The molecule has 0 heterocycles. The van der Waals surface area contributed by atoms with Gasteiger partial charge in [-0.15, -0.1) is 0 Å². The maximum Gasteiger partial charge on any atom is 0.305 e. The average Bonchev–Trinajstić information content (AvgIpc) is 2.38. The Balaban J connectivity index is 2.90. The average molecular weight is 279 g/mol. The first-order valence-corrected chi connectivity index (χ1v) is 6.39. The summed E-state index contributed by atoms with van der Waals surface area (Å²) in [5.74, 6) is -1.75. The van der Waals surface area contributed by atoms with Gasteiger partial charge in [-0.1, -0.05) is 25.1 Å². The number of hydrogen-bond donors (Lipinski definition) is 2. The Morgan fingerprint density at radius 3 is 2.45 bits per heavy atom. The first-order valence-electron chi connectivity index (χ1n) is 6.39. The van der Waals surface area contributed by atoms with Crippen molar-refractivity contribution in [3.63, 3.8) is 0 Å². The molecule has 1 aromatic carbocycles. The Hall–Kier alpha value is -2.17. The number of carboxylic acid groups (broad SMARTS) is 1. The van der Waals surface area contributed by atoms with Crippen LogP contribution in [0.3, 0.4) is 0 Å². The van der Waals surface area contributed by atoms with Crippen LogP contribution in [0.25, 0.3) is 0 Å². The van der Waals surface area contributed by atoms with E-state index in [1.165, 1.54) is 24.3 Å². The van der Waals surface area contributed by atoms with Crippen LogP contribution in [0.5, 0.6) is 0 Å². The van der Waals surface area contributed by atoms with E-state index in [1.807, 2.05) is 6.92 Å². The molecule has 20 heavy (non-hydrogen) atoms. The zero-order valence-electron chi connectivity index (χ0n) is 11.5. The van der Waals surface area contributed by atoms with Gasteiger partial charge in [0.2, 0.25) is 5.91 Å². The van der Waals surface area contributed by atoms with Crippen LogP contribution in [0.15, 0.2) is 35.9 Å². The molecule has 0 aliphatic heterocycles. The van der Waals surface area contributed by atoms with Crippen LogP contribution in [0.4, 0.5) is 4.39 Å². The highest BCUT2D eigenvalue weighted by atomic mass is 19.1. The van der Waals surface area contributed by atoms with Crippen molar-refractivity contribution in [2.45, 2.75) is 32.7 Å². The second-order valence-electron chi connectivity index (χ2n) is 4.47. The van der Waals surface area contributed by atoms with Crippen molar-refractivity contribution in [3.8, 4) is 0 Å². The first kappa shape index (κ1) is 15.9. The number of benzene rings is 1. The molecule has 2 N–H and O–H groups in total. The van der Waals surface area contributed by atoms with Gasteiger partial charge in [0.1, 0.15) is 5.82 Å². The summed E-state index contributed by atoms with van der Waals surface area (Å²) in [6.07, 6.45) is 2.23. The summed E-state index contributed by atoms with van der Waals surface area (Å²) >= 11 is 0. The Labute approximate surface area is 117 Å². The van der Waals surface area contributed by atoms with E-state index in [9.17, 15) is 14.0 Å². The lowest BCUT2D eigenvalue weighted by Gasteiger charge is -2.17. The van der Waals surface area contributed by atoms with Gasteiger partial charge in [0.05, 0.1) is 12.5 Å². The standard InChI is InChI=1S/C15H18FNO3/c1-3-4-10(2)15(20)17-13(9-14(18)19)11-5-7-12(16)8-6-11/h4-8,13H,3,9H2,1-2H3,(H,17,20)(H,18,19). The van der Waals surface area contributed by atoms with E-state index in [0.29, 0.717) is 11.1 Å². The van der Waals surface area contributed by atoms with Gasteiger partial charge < -0.3 is 10.4 Å². The number of allylic oxidation sites excluding steroid dienone is 1. The number of aliphatic carboxylic acids is 1. The smallest absolute Gasteiger partial charge is 0.305 e. The lowest BCUT2D eigenvalue weighted by molar-refractivity contribution is -0.137. The van der Waals surface area contributed by atoms with Gasteiger partial charge in [-0.05, 0) is 31.0 Å². The molecular formula is C15H18FNO3. The molecule has 0 saturated heterocycles. The number of amides is 1. The predicted octanol–water partition coefficient (Wildman–Crippen LogP) is 2.81. The fourth-order valence-electron chi connectivity index (χ4n) is 1.79. The molecule has 1 unspecified atom stereocenters. The molecule has 0 fully saturated rings. The third-order valence-corrected chi connectivity index (χ3v) is 2.82. The van der Waals surface area contributed by atoms with E-state index in [2.05, 4.69) is 5.32 Å². The number of halogens is 1. The molecule has 0 aliphatic rings. The predicted molar refractivity (Wildman–Crippen MR) is 73.6 cm³/mol. The van der Waals surface area contributed by atoms with E-state index >= 15 is 0 Å². The van der Waals surface area contributed by atoms with Gasteiger partial charge in [-0.3, -0.25) is 9.59 Å². The molecule has 0 aliphatic carbocycles. The molecule has 4 nitrogen and oxygen atoms in total. The highest BCUT2D eigenvalue weighted by molar-refractivity contribution is 5.93. The van der Waals surface area contributed by atoms with Crippen LogP contribution < -0.4 is 5.32 Å². The summed E-state index contributed by atoms with van der Waals surface area (Å²) in [5, 5.41) is 11.6. The molecular weight excluding hydrogens is 261 g/mol. The van der Waals surface area contributed by atoms with E-state index < -0.39 is 17.8 Å². The van der Waals surface area contributed by atoms with E-state index in [4.69, 9.17) is 5.11 Å². The third-order valence-electron chi connectivity index (χ3n) is 2.82. The summed E-state index contributed by atoms with van der Waals surface area (Å²) in [6, 6.07) is 4.75. The van der Waals surface area contributed by atoms with Gasteiger partial charge in [0.25, 0.3) is 0 Å². The van der Waals surface area contributed by atoms with Gasteiger partial charge in [0.15, 0.2) is 0 Å². The van der Waals surface area contributed by atoms with Crippen LogP contribution in [0, 0.1) is 5.82 Å². The van der Waals surface area contributed by atoms with Crippen molar-refractivity contribution in [2.24, 2.45) is 0 Å². The molecule has 0 bridgehead atoms. The fourth-order valence-corrected chi connectivity index (χ4v) is 1.79. The minimum atomic E-state index is -1.03. The minimum absolute atomic E-state index is 0.253. The zero-order valence-corrected chi connectivity index (χ0v) is 11.5. The normalized spacial score (nSPS) is 12.8. The number of hydrogen-bond acceptors (Lipinski definition) is 2. The zero-order chi connectivity index (χ0) is 15.1. The Morgan fingerprint density at radius 1 is 1.35 bits per heavy atom. The lowest BCUT2D eigenvalue weighted by atomic mass is 10.0. The molecule has 5 heteroatoms. The van der Waals surface area contributed by atoms with Gasteiger partial charge in [-0.25, -0.2) is 4.39 Å². The maximum absolute atomic E-state index is 12.9. The number of carbonyl (C=O) groups excluding carboxylic acids is 1. The van der Waals surface area contributed by atoms with Gasteiger partial charge in [0, 0.05) is 5.57 Å². The molecule has 108 valence electrons. The summed E-state index contributed by atoms with van der Waals surface area (Å²) in [5.41, 5.74) is 1.09. The Bertz CT molecular complexity index is 508.